The molecule has 152 valence electrons. The van der Waals surface area contributed by atoms with Crippen molar-refractivity contribution < 1.29 is 13.2 Å². The lowest BCUT2D eigenvalue weighted by Gasteiger charge is -2.25. The van der Waals surface area contributed by atoms with Gasteiger partial charge in [-0.3, -0.25) is 14.3 Å². The highest BCUT2D eigenvalue weighted by Crippen LogP contribution is 2.15. The van der Waals surface area contributed by atoms with Gasteiger partial charge in [0.25, 0.3) is 15.6 Å². The van der Waals surface area contributed by atoms with Gasteiger partial charge in [0, 0.05) is 11.2 Å². The van der Waals surface area contributed by atoms with Gasteiger partial charge < -0.3 is 9.88 Å². The van der Waals surface area contributed by atoms with Crippen molar-refractivity contribution in [1.29, 1.82) is 0 Å². The van der Waals surface area contributed by atoms with Crippen molar-refractivity contribution in [2.45, 2.75) is 58.0 Å². The van der Waals surface area contributed by atoms with E-state index in [1.165, 1.54) is 22.8 Å². The first-order valence-corrected chi connectivity index (χ1v) is 10.5. The van der Waals surface area contributed by atoms with Crippen LogP contribution in [0.5, 0.6) is 0 Å². The zero-order chi connectivity index (χ0) is 21.1. The minimum atomic E-state index is -3.91. The molecule has 0 atom stereocenters. The molecule has 0 unspecified atom stereocenters. The monoisotopic (exact) mass is 405 g/mol. The molecule has 0 saturated carbocycles. The molecule has 28 heavy (non-hydrogen) atoms. The van der Waals surface area contributed by atoms with E-state index in [9.17, 15) is 18.0 Å². The van der Waals surface area contributed by atoms with Gasteiger partial charge in [-0.05, 0) is 58.4 Å². The number of sulfonamides is 1. The molecule has 2 rings (SSSR count). The zero-order valence-corrected chi connectivity index (χ0v) is 17.7. The van der Waals surface area contributed by atoms with E-state index in [2.05, 4.69) is 10.0 Å². The smallest absolute Gasteiger partial charge is 0.275 e. The number of carbonyl (C=O) groups excluding carboxylic acids is 1. The molecule has 1 aromatic carbocycles. The molecule has 0 saturated heterocycles. The summed E-state index contributed by atoms with van der Waals surface area (Å²) in [4.78, 5) is 25.2. The number of aryl methyl sites for hydroxylation is 2. The highest BCUT2D eigenvalue weighted by Gasteiger charge is 2.20. The van der Waals surface area contributed by atoms with E-state index >= 15 is 0 Å². The number of aromatic nitrogens is 1. The Kier molecular flexibility index (Phi) is 6.34. The molecule has 0 spiro atoms. The van der Waals surface area contributed by atoms with Gasteiger partial charge >= 0.3 is 0 Å². The summed E-state index contributed by atoms with van der Waals surface area (Å²) in [5, 5.41) is 2.87. The Bertz CT molecular complexity index is 1020. The Labute approximate surface area is 165 Å². The maximum Gasteiger partial charge on any atom is 0.275 e. The first kappa shape index (κ1) is 21.7. The number of nitrogens with zero attached hydrogens (tertiary/aromatic N) is 1. The molecule has 2 aromatic rings. The number of amides is 1. The topological polar surface area (TPSA) is 97.3 Å². The Morgan fingerprint density at radius 1 is 1.07 bits per heavy atom. The second-order valence-corrected chi connectivity index (χ2v) is 9.17. The highest BCUT2D eigenvalue weighted by atomic mass is 32.2. The summed E-state index contributed by atoms with van der Waals surface area (Å²) in [6, 6.07) is 9.33. The van der Waals surface area contributed by atoms with E-state index in [1.807, 2.05) is 27.7 Å². The van der Waals surface area contributed by atoms with Crippen molar-refractivity contribution in [3.63, 3.8) is 0 Å². The average molecular weight is 406 g/mol. The van der Waals surface area contributed by atoms with Crippen molar-refractivity contribution >= 4 is 21.6 Å². The van der Waals surface area contributed by atoms with Crippen LogP contribution in [0.15, 0.2) is 46.1 Å². The summed E-state index contributed by atoms with van der Waals surface area (Å²) < 4.78 is 28.7. The van der Waals surface area contributed by atoms with E-state index in [0.717, 1.165) is 12.0 Å². The van der Waals surface area contributed by atoms with Gasteiger partial charge in [-0.2, -0.15) is 0 Å². The second kappa shape index (κ2) is 8.18. The zero-order valence-electron chi connectivity index (χ0n) is 16.9. The number of anilines is 1. The van der Waals surface area contributed by atoms with Crippen LogP contribution in [0.4, 0.5) is 5.69 Å². The number of hydrogen-bond acceptors (Lipinski definition) is 4. The van der Waals surface area contributed by atoms with Gasteiger partial charge in [0.05, 0.1) is 4.90 Å². The van der Waals surface area contributed by atoms with Gasteiger partial charge in [0.15, 0.2) is 0 Å². The number of hydrogen-bond donors (Lipinski definition) is 2. The largest absolute Gasteiger partial charge is 0.350 e. The molecule has 2 N–H and O–H groups in total. The fraction of sp³-hybridized carbons (Fsp3) is 0.400. The molecule has 8 heteroatoms. The van der Waals surface area contributed by atoms with Gasteiger partial charge in [-0.25, -0.2) is 8.42 Å². The molecular weight excluding hydrogens is 378 g/mol. The normalized spacial score (nSPS) is 11.9. The van der Waals surface area contributed by atoms with Crippen molar-refractivity contribution in [3.05, 3.63) is 58.0 Å². The van der Waals surface area contributed by atoms with Gasteiger partial charge in [-0.1, -0.05) is 24.6 Å². The summed E-state index contributed by atoms with van der Waals surface area (Å²) in [5.74, 6) is -0.310. The first-order valence-electron chi connectivity index (χ1n) is 9.06. The van der Waals surface area contributed by atoms with Crippen molar-refractivity contribution in [2.75, 3.05) is 4.72 Å². The summed E-state index contributed by atoms with van der Waals surface area (Å²) in [6.45, 7) is 9.11. The molecule has 1 heterocycles. The number of nitrogens with one attached hydrogen (secondary N) is 2. The van der Waals surface area contributed by atoms with E-state index in [0.29, 0.717) is 5.69 Å². The quantitative estimate of drug-likeness (QED) is 0.740. The predicted molar refractivity (Wildman–Crippen MR) is 110 cm³/mol. The molecular formula is C20H27N3O4S. The van der Waals surface area contributed by atoms with Crippen LogP contribution in [-0.2, 0) is 21.4 Å². The minimum Gasteiger partial charge on any atom is -0.350 e. The molecule has 0 aliphatic heterocycles. The van der Waals surface area contributed by atoms with Crippen LogP contribution in [0.25, 0.3) is 0 Å². The average Bonchev–Trinajstić information content (AvgIpc) is 2.61. The summed E-state index contributed by atoms with van der Waals surface area (Å²) in [7, 11) is -3.91. The fourth-order valence-electron chi connectivity index (χ4n) is 2.51. The number of carbonyl (C=O) groups is 1. The van der Waals surface area contributed by atoms with E-state index in [-0.39, 0.29) is 28.6 Å². The lowest BCUT2D eigenvalue weighted by molar-refractivity contribution is -0.123. The van der Waals surface area contributed by atoms with Gasteiger partial charge in [0.1, 0.15) is 12.2 Å². The third-order valence-corrected chi connectivity index (χ3v) is 6.01. The molecule has 1 aromatic heterocycles. The summed E-state index contributed by atoms with van der Waals surface area (Å²) >= 11 is 0. The van der Waals surface area contributed by atoms with Crippen LogP contribution in [0, 0.1) is 13.8 Å². The van der Waals surface area contributed by atoms with Crippen LogP contribution in [0.1, 0.15) is 38.4 Å². The number of benzene rings is 1. The number of pyridine rings is 1. The fourth-order valence-corrected chi connectivity index (χ4v) is 3.57. The molecule has 1 amide bonds. The molecule has 0 fully saturated rings. The Balaban J connectivity index is 2.31. The van der Waals surface area contributed by atoms with Crippen LogP contribution in [-0.4, -0.2) is 24.4 Å². The third kappa shape index (κ3) is 5.22. The Hall–Kier alpha value is -2.61. The van der Waals surface area contributed by atoms with Crippen molar-refractivity contribution in [2.24, 2.45) is 0 Å². The minimum absolute atomic E-state index is 0.0621. The molecule has 0 aliphatic rings. The Morgan fingerprint density at radius 3 is 2.25 bits per heavy atom. The maximum absolute atomic E-state index is 12.8. The van der Waals surface area contributed by atoms with Crippen LogP contribution in [0.3, 0.4) is 0 Å². The van der Waals surface area contributed by atoms with Crippen molar-refractivity contribution in [3.8, 4) is 0 Å². The predicted octanol–water partition coefficient (Wildman–Crippen LogP) is 2.57. The first-order chi connectivity index (χ1) is 12.9. The number of rotatable bonds is 7. The van der Waals surface area contributed by atoms with Crippen molar-refractivity contribution in [1.82, 2.24) is 9.88 Å². The Morgan fingerprint density at radius 2 is 1.68 bits per heavy atom. The third-order valence-electron chi connectivity index (χ3n) is 4.63. The van der Waals surface area contributed by atoms with E-state index in [4.69, 9.17) is 0 Å². The van der Waals surface area contributed by atoms with Crippen LogP contribution < -0.4 is 15.6 Å². The van der Waals surface area contributed by atoms with Crippen LogP contribution >= 0.6 is 0 Å². The highest BCUT2D eigenvalue weighted by molar-refractivity contribution is 7.92. The van der Waals surface area contributed by atoms with Gasteiger partial charge in [-0.15, -0.1) is 0 Å². The maximum atomic E-state index is 12.8. The lowest BCUT2D eigenvalue weighted by atomic mass is 10.0. The summed E-state index contributed by atoms with van der Waals surface area (Å²) in [6.07, 6.45) is 0.739. The standard InChI is InChI=1S/C20H27N3O4S/c1-6-20(4,5)21-18(24)13-23-15(3)9-12-17(19(23)25)22-28(26,27)16-10-7-14(2)8-11-16/h7-12,22H,6,13H2,1-5H3,(H,21,24). The van der Waals surface area contributed by atoms with Crippen LogP contribution in [0.2, 0.25) is 0 Å². The second-order valence-electron chi connectivity index (χ2n) is 7.48. The SMILES string of the molecule is CCC(C)(C)NC(=O)Cn1c(C)ccc(NS(=O)(=O)c2ccc(C)cc2)c1=O. The molecule has 0 radical (unpaired) electrons. The van der Waals surface area contributed by atoms with Gasteiger partial charge in [0.2, 0.25) is 5.91 Å². The summed E-state index contributed by atoms with van der Waals surface area (Å²) in [5.41, 5.74) is 0.429. The van der Waals surface area contributed by atoms with E-state index < -0.39 is 15.6 Å². The molecule has 0 bridgehead atoms. The molecule has 0 aliphatic carbocycles. The van der Waals surface area contributed by atoms with E-state index in [1.54, 1.807) is 25.1 Å². The lowest BCUT2D eigenvalue weighted by Crippen LogP contribution is -2.45. The molecule has 7 nitrogen and oxygen atoms in total.